The molecule has 1 aliphatic heterocycles. The Labute approximate surface area is 110 Å². The van der Waals surface area contributed by atoms with Crippen molar-refractivity contribution < 1.29 is 14.3 Å². The van der Waals surface area contributed by atoms with Crippen LogP contribution in [0.5, 0.6) is 11.5 Å². The maximum Gasteiger partial charge on any atom is 0.274 e. The van der Waals surface area contributed by atoms with Crippen LogP contribution in [0.4, 0.5) is 5.69 Å². The first-order chi connectivity index (χ1) is 9.22. The summed E-state index contributed by atoms with van der Waals surface area (Å²) in [5.41, 5.74) is 2.03. The number of anilines is 1. The summed E-state index contributed by atoms with van der Waals surface area (Å²) in [7, 11) is 0. The Morgan fingerprint density at radius 3 is 2.89 bits per heavy atom. The molecule has 1 aromatic carbocycles. The number of hydrogen-bond acceptors (Lipinski definition) is 4. The number of carbonyl (C=O) groups is 1. The molecule has 5 nitrogen and oxygen atoms in total. The minimum Gasteiger partial charge on any atom is -0.454 e. The number of nitrogens with zero attached hydrogens (tertiary/aromatic N) is 1. The predicted octanol–water partition coefficient (Wildman–Crippen LogP) is 2.37. The van der Waals surface area contributed by atoms with Gasteiger partial charge in [-0.3, -0.25) is 9.78 Å². The molecule has 5 heteroatoms. The van der Waals surface area contributed by atoms with E-state index in [1.807, 2.05) is 13.0 Å². The standard InChI is InChI=1S/C14H12N2O3/c1-9-4-5-15-11(6-9)14(17)16-10-2-3-12-13(7-10)19-8-18-12/h2-7H,8H2,1H3,(H,16,17). The second kappa shape index (κ2) is 4.61. The van der Waals surface area contributed by atoms with Crippen molar-refractivity contribution in [3.63, 3.8) is 0 Å². The zero-order chi connectivity index (χ0) is 13.2. The molecule has 96 valence electrons. The maximum absolute atomic E-state index is 12.0. The van der Waals surface area contributed by atoms with E-state index in [9.17, 15) is 4.79 Å². The summed E-state index contributed by atoms with van der Waals surface area (Å²) in [6.07, 6.45) is 1.61. The van der Waals surface area contributed by atoms with Gasteiger partial charge in [-0.2, -0.15) is 0 Å². The Hall–Kier alpha value is -2.56. The second-order valence-corrected chi connectivity index (χ2v) is 4.24. The fourth-order valence-corrected chi connectivity index (χ4v) is 1.83. The van der Waals surface area contributed by atoms with Crippen LogP contribution in [0.1, 0.15) is 16.1 Å². The Bertz CT molecular complexity index is 640. The van der Waals surface area contributed by atoms with Crippen LogP contribution >= 0.6 is 0 Å². The van der Waals surface area contributed by atoms with Crippen LogP contribution in [-0.4, -0.2) is 17.7 Å². The first-order valence-electron chi connectivity index (χ1n) is 5.86. The van der Waals surface area contributed by atoms with Crippen LogP contribution in [0.3, 0.4) is 0 Å². The lowest BCUT2D eigenvalue weighted by molar-refractivity contribution is 0.102. The molecule has 0 bridgehead atoms. The van der Waals surface area contributed by atoms with Gasteiger partial charge in [-0.15, -0.1) is 0 Å². The molecule has 2 aromatic rings. The Morgan fingerprint density at radius 2 is 2.05 bits per heavy atom. The molecule has 0 radical (unpaired) electrons. The van der Waals surface area contributed by atoms with Gasteiger partial charge in [-0.1, -0.05) is 0 Å². The maximum atomic E-state index is 12.0. The highest BCUT2D eigenvalue weighted by atomic mass is 16.7. The fourth-order valence-electron chi connectivity index (χ4n) is 1.83. The van der Waals surface area contributed by atoms with Gasteiger partial charge in [0.15, 0.2) is 11.5 Å². The minimum atomic E-state index is -0.248. The number of aromatic nitrogens is 1. The summed E-state index contributed by atoms with van der Waals surface area (Å²) in [4.78, 5) is 16.1. The summed E-state index contributed by atoms with van der Waals surface area (Å²) in [6, 6.07) is 8.85. The Kier molecular flexibility index (Phi) is 2.79. The first kappa shape index (κ1) is 11.5. The first-order valence-corrected chi connectivity index (χ1v) is 5.86. The smallest absolute Gasteiger partial charge is 0.274 e. The molecule has 0 saturated heterocycles. The van der Waals surface area contributed by atoms with Gasteiger partial charge in [0, 0.05) is 18.0 Å². The molecule has 0 aliphatic carbocycles. The molecule has 2 heterocycles. The summed E-state index contributed by atoms with van der Waals surface area (Å²) in [5, 5.41) is 2.78. The molecule has 19 heavy (non-hydrogen) atoms. The van der Waals surface area contributed by atoms with Crippen LogP contribution in [0.25, 0.3) is 0 Å². The van der Waals surface area contributed by atoms with E-state index in [4.69, 9.17) is 9.47 Å². The number of aryl methyl sites for hydroxylation is 1. The van der Waals surface area contributed by atoms with Crippen molar-refractivity contribution in [1.29, 1.82) is 0 Å². The Morgan fingerprint density at radius 1 is 1.21 bits per heavy atom. The molecule has 3 rings (SSSR count). The highest BCUT2D eigenvalue weighted by Gasteiger charge is 2.15. The summed E-state index contributed by atoms with van der Waals surface area (Å²) < 4.78 is 10.5. The summed E-state index contributed by atoms with van der Waals surface area (Å²) in [5.74, 6) is 1.07. The quantitative estimate of drug-likeness (QED) is 0.896. The van der Waals surface area contributed by atoms with Crippen molar-refractivity contribution in [2.75, 3.05) is 12.1 Å². The normalized spacial score (nSPS) is 12.3. The summed E-state index contributed by atoms with van der Waals surface area (Å²) >= 11 is 0. The number of ether oxygens (including phenoxy) is 2. The van der Waals surface area contributed by atoms with Crippen molar-refractivity contribution in [2.45, 2.75) is 6.92 Å². The number of amides is 1. The zero-order valence-electron chi connectivity index (χ0n) is 10.3. The highest BCUT2D eigenvalue weighted by molar-refractivity contribution is 6.03. The van der Waals surface area contributed by atoms with Crippen LogP contribution in [0.15, 0.2) is 36.5 Å². The zero-order valence-corrected chi connectivity index (χ0v) is 10.3. The largest absolute Gasteiger partial charge is 0.454 e. The van der Waals surface area contributed by atoms with Gasteiger partial charge in [-0.25, -0.2) is 0 Å². The topological polar surface area (TPSA) is 60.5 Å². The lowest BCUT2D eigenvalue weighted by Crippen LogP contribution is -2.13. The van der Waals surface area contributed by atoms with E-state index in [0.717, 1.165) is 5.56 Å². The third-order valence-electron chi connectivity index (χ3n) is 2.78. The number of benzene rings is 1. The molecule has 0 unspecified atom stereocenters. The van der Waals surface area contributed by atoms with E-state index in [1.165, 1.54) is 0 Å². The van der Waals surface area contributed by atoms with Gasteiger partial charge >= 0.3 is 0 Å². The van der Waals surface area contributed by atoms with Gasteiger partial charge in [0.1, 0.15) is 5.69 Å². The summed E-state index contributed by atoms with van der Waals surface area (Å²) in [6.45, 7) is 2.13. The number of carbonyl (C=O) groups excluding carboxylic acids is 1. The number of pyridine rings is 1. The molecule has 0 atom stereocenters. The third kappa shape index (κ3) is 2.35. The molecular formula is C14H12N2O3. The van der Waals surface area contributed by atoms with Gasteiger partial charge in [0.05, 0.1) is 0 Å². The van der Waals surface area contributed by atoms with E-state index < -0.39 is 0 Å². The third-order valence-corrected chi connectivity index (χ3v) is 2.78. The number of rotatable bonds is 2. The highest BCUT2D eigenvalue weighted by Crippen LogP contribution is 2.34. The molecule has 0 fully saturated rings. The van der Waals surface area contributed by atoms with E-state index in [-0.39, 0.29) is 12.7 Å². The van der Waals surface area contributed by atoms with Crippen molar-refractivity contribution in [1.82, 2.24) is 4.98 Å². The van der Waals surface area contributed by atoms with Crippen LogP contribution in [0.2, 0.25) is 0 Å². The fraction of sp³-hybridized carbons (Fsp3) is 0.143. The lowest BCUT2D eigenvalue weighted by Gasteiger charge is -2.06. The molecule has 1 aromatic heterocycles. The van der Waals surface area contributed by atoms with Crippen molar-refractivity contribution in [3.8, 4) is 11.5 Å². The number of nitrogens with one attached hydrogen (secondary N) is 1. The SMILES string of the molecule is Cc1ccnc(C(=O)Nc2ccc3c(c2)OCO3)c1. The monoisotopic (exact) mass is 256 g/mol. The average molecular weight is 256 g/mol. The van der Waals surface area contributed by atoms with E-state index in [2.05, 4.69) is 10.3 Å². The van der Waals surface area contributed by atoms with Crippen molar-refractivity contribution in [2.24, 2.45) is 0 Å². The van der Waals surface area contributed by atoms with E-state index in [0.29, 0.717) is 22.9 Å². The van der Waals surface area contributed by atoms with Gasteiger partial charge in [0.25, 0.3) is 5.91 Å². The number of hydrogen-bond donors (Lipinski definition) is 1. The molecule has 1 aliphatic rings. The molecule has 0 saturated carbocycles. The lowest BCUT2D eigenvalue weighted by atomic mass is 10.2. The van der Waals surface area contributed by atoms with Gasteiger partial charge in [0.2, 0.25) is 6.79 Å². The minimum absolute atomic E-state index is 0.214. The molecule has 1 amide bonds. The van der Waals surface area contributed by atoms with E-state index in [1.54, 1.807) is 30.5 Å². The predicted molar refractivity (Wildman–Crippen MR) is 69.5 cm³/mol. The van der Waals surface area contributed by atoms with Crippen molar-refractivity contribution >= 4 is 11.6 Å². The molecule has 0 spiro atoms. The molecule has 1 N–H and O–H groups in total. The van der Waals surface area contributed by atoms with Gasteiger partial charge < -0.3 is 14.8 Å². The van der Waals surface area contributed by atoms with Crippen LogP contribution in [0, 0.1) is 6.92 Å². The average Bonchev–Trinajstić information content (AvgIpc) is 2.86. The van der Waals surface area contributed by atoms with Crippen LogP contribution in [-0.2, 0) is 0 Å². The van der Waals surface area contributed by atoms with E-state index >= 15 is 0 Å². The Balaban J connectivity index is 1.80. The molecular weight excluding hydrogens is 244 g/mol. The van der Waals surface area contributed by atoms with Gasteiger partial charge in [-0.05, 0) is 36.8 Å². The van der Waals surface area contributed by atoms with Crippen molar-refractivity contribution in [3.05, 3.63) is 47.8 Å². The van der Waals surface area contributed by atoms with Crippen LogP contribution < -0.4 is 14.8 Å². The number of fused-ring (bicyclic) bond motifs is 1. The second-order valence-electron chi connectivity index (χ2n) is 4.24.